The van der Waals surface area contributed by atoms with Crippen molar-refractivity contribution >= 4 is 22.9 Å². The molecule has 3 aromatic rings. The van der Waals surface area contributed by atoms with Crippen molar-refractivity contribution < 1.29 is 14.3 Å². The Bertz CT molecular complexity index is 1200. The van der Waals surface area contributed by atoms with Gasteiger partial charge >= 0.3 is 6.09 Å². The van der Waals surface area contributed by atoms with Gasteiger partial charge in [0, 0.05) is 25.5 Å². The van der Waals surface area contributed by atoms with Crippen LogP contribution in [0.15, 0.2) is 53.6 Å². The van der Waals surface area contributed by atoms with Gasteiger partial charge in [-0.3, -0.25) is 19.1 Å². The number of aromatic nitrogens is 3. The number of hydrogen-bond donors (Lipinski definition) is 1. The van der Waals surface area contributed by atoms with Crippen LogP contribution in [0.3, 0.4) is 0 Å². The highest BCUT2D eigenvalue weighted by Gasteiger charge is 2.22. The summed E-state index contributed by atoms with van der Waals surface area (Å²) in [6.45, 7) is 8.14. The smallest absolute Gasteiger partial charge is 0.410 e. The Morgan fingerprint density at radius 3 is 2.62 bits per heavy atom. The Morgan fingerprint density at radius 1 is 1.15 bits per heavy atom. The second-order valence-electron chi connectivity index (χ2n) is 9.03. The number of pyridine rings is 1. The zero-order valence-corrected chi connectivity index (χ0v) is 20.1. The van der Waals surface area contributed by atoms with Crippen LogP contribution in [0.1, 0.15) is 38.6 Å². The molecule has 0 unspecified atom stereocenters. The van der Waals surface area contributed by atoms with Crippen LogP contribution in [-0.2, 0) is 22.6 Å². The van der Waals surface area contributed by atoms with E-state index in [9.17, 15) is 14.4 Å². The molecule has 3 rings (SSSR count). The van der Waals surface area contributed by atoms with E-state index in [0.29, 0.717) is 42.8 Å². The fourth-order valence-corrected chi connectivity index (χ4v) is 3.44. The molecule has 9 heteroatoms. The summed E-state index contributed by atoms with van der Waals surface area (Å²) >= 11 is 0. The molecule has 0 spiro atoms. The summed E-state index contributed by atoms with van der Waals surface area (Å²) in [6, 6.07) is 10.8. The first-order valence-corrected chi connectivity index (χ1v) is 11.2. The van der Waals surface area contributed by atoms with Crippen LogP contribution in [0.2, 0.25) is 0 Å². The zero-order valence-electron chi connectivity index (χ0n) is 20.1. The van der Waals surface area contributed by atoms with Crippen LogP contribution in [0.5, 0.6) is 0 Å². The largest absolute Gasteiger partial charge is 0.444 e. The first-order chi connectivity index (χ1) is 16.1. The van der Waals surface area contributed by atoms with E-state index in [4.69, 9.17) is 4.74 Å². The standard InChI is InChI=1S/C25H31N5O4/c1-18-28-21-11-6-5-10-20(21)23(32)30(18)17-22(31)27-13-8-14-29(24(33)34-25(2,3)4)16-19-9-7-12-26-15-19/h5-7,9-12,15H,8,13-14,16-17H2,1-4H3,(H,27,31). The number of benzene rings is 1. The van der Waals surface area contributed by atoms with Crippen LogP contribution in [-0.4, -0.2) is 50.1 Å². The molecule has 0 bridgehead atoms. The van der Waals surface area contributed by atoms with Crippen molar-refractivity contribution in [3.05, 3.63) is 70.5 Å². The van der Waals surface area contributed by atoms with Gasteiger partial charge in [0.2, 0.25) is 5.91 Å². The van der Waals surface area contributed by atoms with E-state index in [0.717, 1.165) is 5.56 Å². The number of nitrogens with zero attached hydrogens (tertiary/aromatic N) is 4. The topological polar surface area (TPSA) is 106 Å². The quantitative estimate of drug-likeness (QED) is 0.513. The predicted octanol–water partition coefficient (Wildman–Crippen LogP) is 3.04. The van der Waals surface area contributed by atoms with Crippen LogP contribution in [0.25, 0.3) is 10.9 Å². The lowest BCUT2D eigenvalue weighted by atomic mass is 10.2. The molecule has 180 valence electrons. The highest BCUT2D eigenvalue weighted by molar-refractivity contribution is 5.79. The Morgan fingerprint density at radius 2 is 1.91 bits per heavy atom. The van der Waals surface area contributed by atoms with E-state index in [2.05, 4.69) is 15.3 Å². The van der Waals surface area contributed by atoms with E-state index in [1.807, 2.05) is 39.0 Å². The van der Waals surface area contributed by atoms with Gasteiger partial charge in [0.15, 0.2) is 0 Å². The van der Waals surface area contributed by atoms with Gasteiger partial charge in [-0.05, 0) is 57.9 Å². The van der Waals surface area contributed by atoms with Gasteiger partial charge in [-0.1, -0.05) is 18.2 Å². The van der Waals surface area contributed by atoms with E-state index in [1.54, 1.807) is 42.4 Å². The molecular formula is C25H31N5O4. The lowest BCUT2D eigenvalue weighted by Crippen LogP contribution is -2.39. The minimum atomic E-state index is -0.614. The molecule has 0 aliphatic heterocycles. The van der Waals surface area contributed by atoms with E-state index < -0.39 is 11.7 Å². The number of carbonyl (C=O) groups is 2. The van der Waals surface area contributed by atoms with Gasteiger partial charge in [0.25, 0.3) is 5.56 Å². The lowest BCUT2D eigenvalue weighted by molar-refractivity contribution is -0.121. The summed E-state index contributed by atoms with van der Waals surface area (Å²) in [7, 11) is 0. The van der Waals surface area contributed by atoms with Crippen molar-refractivity contribution in [2.75, 3.05) is 13.1 Å². The van der Waals surface area contributed by atoms with Gasteiger partial charge in [-0.25, -0.2) is 9.78 Å². The third-order valence-corrected chi connectivity index (χ3v) is 5.03. The Balaban J connectivity index is 1.57. The highest BCUT2D eigenvalue weighted by Crippen LogP contribution is 2.13. The van der Waals surface area contributed by atoms with E-state index in [-0.39, 0.29) is 18.0 Å². The summed E-state index contributed by atoms with van der Waals surface area (Å²) in [6.07, 6.45) is 3.48. The molecule has 0 atom stereocenters. The number of ether oxygens (including phenoxy) is 1. The van der Waals surface area contributed by atoms with Gasteiger partial charge in [0.05, 0.1) is 17.4 Å². The van der Waals surface area contributed by atoms with Gasteiger partial charge in [-0.2, -0.15) is 0 Å². The van der Waals surface area contributed by atoms with Crippen molar-refractivity contribution in [3.8, 4) is 0 Å². The molecule has 9 nitrogen and oxygen atoms in total. The second kappa shape index (κ2) is 10.9. The molecule has 0 saturated carbocycles. The van der Waals surface area contributed by atoms with E-state index in [1.165, 1.54) is 4.57 Å². The SMILES string of the molecule is Cc1nc2ccccc2c(=O)n1CC(=O)NCCCN(Cc1cccnc1)C(=O)OC(C)(C)C. The molecule has 2 aromatic heterocycles. The summed E-state index contributed by atoms with van der Waals surface area (Å²) in [5.41, 5.74) is 0.636. The summed E-state index contributed by atoms with van der Waals surface area (Å²) < 4.78 is 6.89. The molecule has 1 aromatic carbocycles. The number of aryl methyl sites for hydroxylation is 1. The maximum atomic E-state index is 12.7. The Labute approximate surface area is 198 Å². The van der Waals surface area contributed by atoms with Crippen LogP contribution < -0.4 is 10.9 Å². The van der Waals surface area contributed by atoms with Crippen molar-refractivity contribution in [1.29, 1.82) is 0 Å². The average Bonchev–Trinajstić information content (AvgIpc) is 2.78. The number of carbonyl (C=O) groups excluding carboxylic acids is 2. The minimum Gasteiger partial charge on any atom is -0.444 e. The third kappa shape index (κ3) is 6.87. The first kappa shape index (κ1) is 24.9. The van der Waals surface area contributed by atoms with Crippen LogP contribution >= 0.6 is 0 Å². The molecule has 0 aliphatic carbocycles. The summed E-state index contributed by atoms with van der Waals surface area (Å²) in [5, 5.41) is 3.30. The van der Waals surface area contributed by atoms with Crippen LogP contribution in [0, 0.1) is 6.92 Å². The molecule has 34 heavy (non-hydrogen) atoms. The van der Waals surface area contributed by atoms with E-state index >= 15 is 0 Å². The normalized spacial score (nSPS) is 11.3. The third-order valence-electron chi connectivity index (χ3n) is 5.03. The average molecular weight is 466 g/mol. The van der Waals surface area contributed by atoms with Gasteiger partial charge < -0.3 is 15.0 Å². The number of rotatable bonds is 8. The fourth-order valence-electron chi connectivity index (χ4n) is 3.44. The summed E-state index contributed by atoms with van der Waals surface area (Å²) in [4.78, 5) is 48.0. The van der Waals surface area contributed by atoms with Crippen molar-refractivity contribution in [1.82, 2.24) is 24.8 Å². The van der Waals surface area contributed by atoms with Crippen LogP contribution in [0.4, 0.5) is 4.79 Å². The predicted molar refractivity (Wildman–Crippen MR) is 129 cm³/mol. The van der Waals surface area contributed by atoms with Gasteiger partial charge in [-0.15, -0.1) is 0 Å². The van der Waals surface area contributed by atoms with Crippen molar-refractivity contribution in [3.63, 3.8) is 0 Å². The Kier molecular flexibility index (Phi) is 7.99. The first-order valence-electron chi connectivity index (χ1n) is 11.2. The number of fused-ring (bicyclic) bond motifs is 1. The molecule has 0 fully saturated rings. The lowest BCUT2D eigenvalue weighted by Gasteiger charge is -2.27. The molecule has 2 amide bonds. The molecule has 0 saturated heterocycles. The number of para-hydroxylation sites is 1. The molecule has 2 heterocycles. The maximum absolute atomic E-state index is 12.7. The van der Waals surface area contributed by atoms with Crippen molar-refractivity contribution in [2.45, 2.75) is 52.8 Å². The van der Waals surface area contributed by atoms with Gasteiger partial charge in [0.1, 0.15) is 18.0 Å². The second-order valence-corrected chi connectivity index (χ2v) is 9.03. The number of amides is 2. The zero-order chi connectivity index (χ0) is 24.7. The molecule has 0 radical (unpaired) electrons. The molecule has 0 aliphatic rings. The monoisotopic (exact) mass is 465 g/mol. The Hall–Kier alpha value is -3.75. The molecule has 1 N–H and O–H groups in total. The highest BCUT2D eigenvalue weighted by atomic mass is 16.6. The maximum Gasteiger partial charge on any atom is 0.410 e. The number of hydrogen-bond acceptors (Lipinski definition) is 6. The molecular weight excluding hydrogens is 434 g/mol. The van der Waals surface area contributed by atoms with Crippen molar-refractivity contribution in [2.24, 2.45) is 0 Å². The minimum absolute atomic E-state index is 0.117. The fraction of sp³-hybridized carbons (Fsp3) is 0.400. The summed E-state index contributed by atoms with van der Waals surface area (Å²) in [5.74, 6) is 0.185. The number of nitrogens with one attached hydrogen (secondary N) is 1.